The molecular weight excluding hydrogens is 335 g/mol. The summed E-state index contributed by atoms with van der Waals surface area (Å²) in [6.45, 7) is 0.593. The van der Waals surface area contributed by atoms with E-state index in [2.05, 4.69) is 10.3 Å². The van der Waals surface area contributed by atoms with E-state index in [0.29, 0.717) is 33.2 Å². The number of aromatic carboxylic acids is 1. The van der Waals surface area contributed by atoms with E-state index in [1.54, 1.807) is 12.1 Å². The van der Waals surface area contributed by atoms with E-state index < -0.39 is 5.97 Å². The van der Waals surface area contributed by atoms with Gasteiger partial charge >= 0.3 is 5.97 Å². The van der Waals surface area contributed by atoms with E-state index in [9.17, 15) is 9.90 Å². The summed E-state index contributed by atoms with van der Waals surface area (Å²) in [5, 5.41) is 14.1. The standard InChI is InChI=1S/C17H14Cl2N2O2/c18-11-8-12(19)14-13(9-11)21-16(17(22)23)15(14)20-7-6-10-4-2-1-3-5-10/h1-5,8-9,20-21H,6-7H2,(H,22,23). The van der Waals surface area contributed by atoms with Crippen molar-refractivity contribution in [2.75, 3.05) is 11.9 Å². The Morgan fingerprint density at radius 3 is 2.61 bits per heavy atom. The van der Waals surface area contributed by atoms with Crippen molar-refractivity contribution in [2.24, 2.45) is 0 Å². The Morgan fingerprint density at radius 2 is 1.91 bits per heavy atom. The highest BCUT2D eigenvalue weighted by molar-refractivity contribution is 6.39. The number of anilines is 1. The third-order valence-corrected chi connectivity index (χ3v) is 4.10. The van der Waals surface area contributed by atoms with E-state index in [1.165, 1.54) is 5.56 Å². The summed E-state index contributed by atoms with van der Waals surface area (Å²) in [6, 6.07) is 13.2. The molecule has 6 heteroatoms. The summed E-state index contributed by atoms with van der Waals surface area (Å²) in [4.78, 5) is 14.3. The van der Waals surface area contributed by atoms with Crippen molar-refractivity contribution in [2.45, 2.75) is 6.42 Å². The van der Waals surface area contributed by atoms with Crippen molar-refractivity contribution in [3.8, 4) is 0 Å². The van der Waals surface area contributed by atoms with E-state index in [1.807, 2.05) is 30.3 Å². The molecule has 0 fully saturated rings. The fourth-order valence-electron chi connectivity index (χ4n) is 2.56. The number of fused-ring (bicyclic) bond motifs is 1. The Bertz CT molecular complexity index is 860. The first-order chi connectivity index (χ1) is 11.1. The SMILES string of the molecule is O=C(O)c1[nH]c2cc(Cl)cc(Cl)c2c1NCCc1ccccc1. The number of hydrogen-bond donors (Lipinski definition) is 3. The topological polar surface area (TPSA) is 65.1 Å². The van der Waals surface area contributed by atoms with Crippen molar-refractivity contribution < 1.29 is 9.90 Å². The molecular formula is C17H14Cl2N2O2. The molecule has 0 atom stereocenters. The molecule has 23 heavy (non-hydrogen) atoms. The van der Waals surface area contributed by atoms with Crippen LogP contribution < -0.4 is 5.32 Å². The van der Waals surface area contributed by atoms with Crippen LogP contribution in [0, 0.1) is 0 Å². The number of halogens is 2. The monoisotopic (exact) mass is 348 g/mol. The predicted octanol–water partition coefficient (Wildman–Crippen LogP) is 4.83. The van der Waals surface area contributed by atoms with Crippen LogP contribution in [0.1, 0.15) is 16.1 Å². The van der Waals surface area contributed by atoms with Gasteiger partial charge in [0.25, 0.3) is 0 Å². The number of carboxylic acid groups (broad SMARTS) is 1. The molecule has 1 aromatic heterocycles. The number of nitrogens with one attached hydrogen (secondary N) is 2. The molecule has 0 radical (unpaired) electrons. The van der Waals surface area contributed by atoms with E-state index in [-0.39, 0.29) is 5.69 Å². The first-order valence-corrected chi connectivity index (χ1v) is 7.83. The summed E-state index contributed by atoms with van der Waals surface area (Å²) < 4.78 is 0. The number of rotatable bonds is 5. The second-order valence-electron chi connectivity index (χ2n) is 5.15. The zero-order valence-corrected chi connectivity index (χ0v) is 13.6. The average molecular weight is 349 g/mol. The molecule has 4 nitrogen and oxygen atoms in total. The van der Waals surface area contributed by atoms with Crippen LogP contribution in [0.4, 0.5) is 5.69 Å². The number of carboxylic acids is 1. The Labute approximate surface area is 143 Å². The summed E-state index contributed by atoms with van der Waals surface area (Å²) in [6.07, 6.45) is 0.776. The van der Waals surface area contributed by atoms with E-state index >= 15 is 0 Å². The highest BCUT2D eigenvalue weighted by atomic mass is 35.5. The van der Waals surface area contributed by atoms with Gasteiger partial charge < -0.3 is 15.4 Å². The van der Waals surface area contributed by atoms with Crippen molar-refractivity contribution in [3.63, 3.8) is 0 Å². The molecule has 0 spiro atoms. The molecule has 2 aromatic carbocycles. The van der Waals surface area contributed by atoms with Crippen molar-refractivity contribution >= 4 is 45.8 Å². The summed E-state index contributed by atoms with van der Waals surface area (Å²) >= 11 is 12.2. The van der Waals surface area contributed by atoms with Gasteiger partial charge in [0.2, 0.25) is 0 Å². The van der Waals surface area contributed by atoms with Crippen LogP contribution in [0.5, 0.6) is 0 Å². The zero-order valence-electron chi connectivity index (χ0n) is 12.1. The molecule has 0 unspecified atom stereocenters. The minimum Gasteiger partial charge on any atom is -0.477 e. The fourth-order valence-corrected chi connectivity index (χ4v) is 3.15. The summed E-state index contributed by atoms with van der Waals surface area (Å²) in [7, 11) is 0. The Morgan fingerprint density at radius 1 is 1.17 bits per heavy atom. The van der Waals surface area contributed by atoms with Gasteiger partial charge in [-0.2, -0.15) is 0 Å². The Kier molecular flexibility index (Phi) is 4.46. The predicted molar refractivity (Wildman–Crippen MR) is 93.9 cm³/mol. The van der Waals surface area contributed by atoms with Crippen LogP contribution in [0.15, 0.2) is 42.5 Å². The second-order valence-corrected chi connectivity index (χ2v) is 6.00. The lowest BCUT2D eigenvalue weighted by Crippen LogP contribution is -2.08. The molecule has 0 saturated heterocycles. The number of aromatic amines is 1. The average Bonchev–Trinajstić information content (AvgIpc) is 2.87. The van der Waals surface area contributed by atoms with Gasteiger partial charge in [0.05, 0.1) is 16.2 Å². The fraction of sp³-hybridized carbons (Fsp3) is 0.118. The van der Waals surface area contributed by atoms with Crippen LogP contribution in [0.3, 0.4) is 0 Å². The van der Waals surface area contributed by atoms with Gasteiger partial charge in [-0.3, -0.25) is 0 Å². The van der Waals surface area contributed by atoms with Gasteiger partial charge in [0.1, 0.15) is 5.69 Å². The van der Waals surface area contributed by atoms with Gasteiger partial charge in [0.15, 0.2) is 0 Å². The van der Waals surface area contributed by atoms with Crippen LogP contribution in [-0.4, -0.2) is 22.6 Å². The maximum Gasteiger partial charge on any atom is 0.354 e. The number of benzene rings is 2. The summed E-state index contributed by atoms with van der Waals surface area (Å²) in [5.41, 5.74) is 2.34. The smallest absolute Gasteiger partial charge is 0.354 e. The maximum atomic E-state index is 11.5. The molecule has 3 aromatic rings. The van der Waals surface area contributed by atoms with Gasteiger partial charge in [0, 0.05) is 17.0 Å². The van der Waals surface area contributed by atoms with Crippen molar-refractivity contribution in [3.05, 3.63) is 63.8 Å². The molecule has 0 amide bonds. The highest BCUT2D eigenvalue weighted by Gasteiger charge is 2.19. The van der Waals surface area contributed by atoms with Crippen LogP contribution in [0.25, 0.3) is 10.9 Å². The van der Waals surface area contributed by atoms with Gasteiger partial charge in [-0.05, 0) is 24.1 Å². The van der Waals surface area contributed by atoms with Gasteiger partial charge in [-0.25, -0.2) is 4.79 Å². The quantitative estimate of drug-likeness (QED) is 0.618. The molecule has 0 aliphatic carbocycles. The Balaban J connectivity index is 1.92. The molecule has 0 aliphatic heterocycles. The number of hydrogen-bond acceptors (Lipinski definition) is 2. The van der Waals surface area contributed by atoms with Gasteiger partial charge in [-0.15, -0.1) is 0 Å². The zero-order chi connectivity index (χ0) is 16.4. The normalized spacial score (nSPS) is 10.9. The molecule has 0 aliphatic rings. The largest absolute Gasteiger partial charge is 0.477 e. The van der Waals surface area contributed by atoms with E-state index in [4.69, 9.17) is 23.2 Å². The first kappa shape index (κ1) is 15.7. The van der Waals surface area contributed by atoms with E-state index in [0.717, 1.165) is 6.42 Å². The lowest BCUT2D eigenvalue weighted by Gasteiger charge is -2.08. The number of aromatic nitrogens is 1. The second kappa shape index (κ2) is 6.52. The molecule has 0 bridgehead atoms. The third-order valence-electron chi connectivity index (χ3n) is 3.59. The highest BCUT2D eigenvalue weighted by Crippen LogP contribution is 2.36. The molecule has 1 heterocycles. The lowest BCUT2D eigenvalue weighted by atomic mass is 10.1. The molecule has 3 N–H and O–H groups in total. The third kappa shape index (κ3) is 3.28. The molecule has 118 valence electrons. The minimum atomic E-state index is -1.05. The first-order valence-electron chi connectivity index (χ1n) is 7.08. The van der Waals surface area contributed by atoms with Crippen LogP contribution in [0.2, 0.25) is 10.0 Å². The molecule has 3 rings (SSSR count). The van der Waals surface area contributed by atoms with Crippen LogP contribution in [-0.2, 0) is 6.42 Å². The minimum absolute atomic E-state index is 0.0808. The molecule has 0 saturated carbocycles. The number of carbonyl (C=O) groups is 1. The number of H-pyrrole nitrogens is 1. The maximum absolute atomic E-state index is 11.5. The lowest BCUT2D eigenvalue weighted by molar-refractivity contribution is 0.0692. The Hall–Kier alpha value is -2.17. The summed E-state index contributed by atoms with van der Waals surface area (Å²) in [5.74, 6) is -1.05. The van der Waals surface area contributed by atoms with Crippen LogP contribution >= 0.6 is 23.2 Å². The van der Waals surface area contributed by atoms with Crippen molar-refractivity contribution in [1.82, 2.24) is 4.98 Å². The van der Waals surface area contributed by atoms with Gasteiger partial charge in [-0.1, -0.05) is 53.5 Å². The van der Waals surface area contributed by atoms with Crippen molar-refractivity contribution in [1.29, 1.82) is 0 Å².